The number of ether oxygens (including phenoxy) is 1. The Morgan fingerprint density at radius 3 is 2.56 bits per heavy atom. The second-order valence-electron chi connectivity index (χ2n) is 3.11. The molecule has 1 rings (SSSR count). The molecule has 1 saturated carbocycles. The van der Waals surface area contributed by atoms with Gasteiger partial charge in [0.05, 0.1) is 5.60 Å². The van der Waals surface area contributed by atoms with E-state index in [-0.39, 0.29) is 5.60 Å². The summed E-state index contributed by atoms with van der Waals surface area (Å²) in [5, 5.41) is 8.66. The molecule has 0 aromatic heterocycles. The molecule has 9 heavy (non-hydrogen) atoms. The third-order valence-corrected chi connectivity index (χ3v) is 2.19. The van der Waals surface area contributed by atoms with Gasteiger partial charge in [-0.05, 0) is 25.7 Å². The minimum absolute atomic E-state index is 0.0768. The van der Waals surface area contributed by atoms with Gasteiger partial charge < -0.3 is 9.84 Å². The third kappa shape index (κ3) is 1.25. The lowest BCUT2D eigenvalue weighted by molar-refractivity contribution is -0.102. The Hall–Kier alpha value is -0.0800. The molecule has 0 aromatic carbocycles. The molecule has 0 saturated heterocycles. The maximum absolute atomic E-state index is 8.66. The van der Waals surface area contributed by atoms with Crippen molar-refractivity contribution in [2.45, 2.75) is 25.4 Å². The number of hydrogen-bond donors (Lipinski definition) is 1. The summed E-state index contributed by atoms with van der Waals surface area (Å²) in [7, 11) is 1.73. The Balaban J connectivity index is 2.24. The van der Waals surface area contributed by atoms with Gasteiger partial charge in [-0.1, -0.05) is 0 Å². The lowest BCUT2D eigenvalue weighted by Gasteiger charge is -2.43. The van der Waals surface area contributed by atoms with Crippen molar-refractivity contribution in [2.75, 3.05) is 13.7 Å². The van der Waals surface area contributed by atoms with Gasteiger partial charge in [0.25, 0.3) is 0 Å². The molecule has 0 unspecified atom stereocenters. The smallest absolute Gasteiger partial charge is 0.0657 e. The summed E-state index contributed by atoms with van der Waals surface area (Å²) in [6.07, 6.45) is 2.03. The first-order valence-electron chi connectivity index (χ1n) is 3.36. The van der Waals surface area contributed by atoms with E-state index in [1.807, 2.05) is 0 Å². The molecule has 1 N–H and O–H groups in total. The molecule has 2 nitrogen and oxygen atoms in total. The van der Waals surface area contributed by atoms with Gasteiger partial charge in [0.1, 0.15) is 0 Å². The van der Waals surface area contributed by atoms with Gasteiger partial charge in [-0.15, -0.1) is 0 Å². The van der Waals surface area contributed by atoms with E-state index in [1.165, 1.54) is 0 Å². The van der Waals surface area contributed by atoms with Crippen molar-refractivity contribution in [3.05, 3.63) is 0 Å². The first-order valence-corrected chi connectivity index (χ1v) is 3.36. The Morgan fingerprint density at radius 1 is 1.67 bits per heavy atom. The minimum Gasteiger partial charge on any atom is -0.396 e. The van der Waals surface area contributed by atoms with Crippen LogP contribution in [-0.2, 0) is 4.74 Å². The summed E-state index contributed by atoms with van der Waals surface area (Å²) in [5.41, 5.74) is 0.0768. The molecule has 1 aliphatic rings. The number of aliphatic hydroxyl groups excluding tert-OH is 1. The molecular formula is C7H14O2. The van der Waals surface area contributed by atoms with E-state index >= 15 is 0 Å². The van der Waals surface area contributed by atoms with Gasteiger partial charge in [-0.25, -0.2) is 0 Å². The zero-order valence-electron chi connectivity index (χ0n) is 6.05. The van der Waals surface area contributed by atoms with E-state index in [4.69, 9.17) is 9.84 Å². The van der Waals surface area contributed by atoms with E-state index < -0.39 is 0 Å². The van der Waals surface area contributed by atoms with Crippen LogP contribution in [0.1, 0.15) is 19.8 Å². The topological polar surface area (TPSA) is 29.5 Å². The van der Waals surface area contributed by atoms with Gasteiger partial charge in [0.2, 0.25) is 0 Å². The number of aliphatic hydroxyl groups is 1. The average molecular weight is 130 g/mol. The molecule has 1 aliphatic carbocycles. The normalized spacial score (nSPS) is 42.3. The summed E-state index contributed by atoms with van der Waals surface area (Å²) in [6, 6.07) is 0. The van der Waals surface area contributed by atoms with Crippen LogP contribution in [0.2, 0.25) is 0 Å². The van der Waals surface area contributed by atoms with Crippen molar-refractivity contribution in [3.63, 3.8) is 0 Å². The Kier molecular flexibility index (Phi) is 1.78. The quantitative estimate of drug-likeness (QED) is 0.599. The standard InChI is InChI=1S/C7H14O2/c1-7(9-2)3-6(4-7)5-8/h6,8H,3-5H2,1-2H3. The van der Waals surface area contributed by atoms with Crippen LogP contribution in [0.4, 0.5) is 0 Å². The molecule has 2 heteroatoms. The molecule has 0 bridgehead atoms. The van der Waals surface area contributed by atoms with Crippen LogP contribution in [0, 0.1) is 5.92 Å². The Labute approximate surface area is 55.8 Å². The first kappa shape index (κ1) is 7.03. The summed E-state index contributed by atoms with van der Waals surface area (Å²) < 4.78 is 5.19. The van der Waals surface area contributed by atoms with E-state index in [9.17, 15) is 0 Å². The maximum Gasteiger partial charge on any atom is 0.0657 e. The van der Waals surface area contributed by atoms with Gasteiger partial charge in [0.15, 0.2) is 0 Å². The molecule has 0 aromatic rings. The van der Waals surface area contributed by atoms with Crippen LogP contribution in [0.5, 0.6) is 0 Å². The predicted octanol–water partition coefficient (Wildman–Crippen LogP) is 0.794. The number of rotatable bonds is 2. The minimum atomic E-state index is 0.0768. The predicted molar refractivity (Wildman–Crippen MR) is 35.2 cm³/mol. The van der Waals surface area contributed by atoms with Crippen molar-refractivity contribution < 1.29 is 9.84 Å². The number of methoxy groups -OCH3 is 1. The second-order valence-corrected chi connectivity index (χ2v) is 3.11. The lowest BCUT2D eigenvalue weighted by Crippen LogP contribution is -2.44. The molecular weight excluding hydrogens is 116 g/mol. The second kappa shape index (κ2) is 2.27. The molecule has 0 spiro atoms. The van der Waals surface area contributed by atoms with Crippen LogP contribution in [0.15, 0.2) is 0 Å². The van der Waals surface area contributed by atoms with Crippen LogP contribution in [-0.4, -0.2) is 24.4 Å². The van der Waals surface area contributed by atoms with Crippen molar-refractivity contribution in [3.8, 4) is 0 Å². The highest BCUT2D eigenvalue weighted by atomic mass is 16.5. The van der Waals surface area contributed by atoms with Crippen molar-refractivity contribution in [1.82, 2.24) is 0 Å². The zero-order chi connectivity index (χ0) is 6.91. The fraction of sp³-hybridized carbons (Fsp3) is 1.00. The van der Waals surface area contributed by atoms with E-state index in [2.05, 4.69) is 6.92 Å². The van der Waals surface area contributed by atoms with Crippen molar-refractivity contribution in [1.29, 1.82) is 0 Å². The monoisotopic (exact) mass is 130 g/mol. The lowest BCUT2D eigenvalue weighted by atomic mass is 9.72. The molecule has 54 valence electrons. The SMILES string of the molecule is COC1(C)CC(CO)C1. The number of hydrogen-bond acceptors (Lipinski definition) is 2. The molecule has 0 heterocycles. The molecule has 0 radical (unpaired) electrons. The van der Waals surface area contributed by atoms with E-state index in [0.717, 1.165) is 12.8 Å². The van der Waals surface area contributed by atoms with Crippen molar-refractivity contribution >= 4 is 0 Å². The highest BCUT2D eigenvalue weighted by molar-refractivity contribution is 4.91. The molecule has 0 aliphatic heterocycles. The van der Waals surface area contributed by atoms with Gasteiger partial charge in [-0.2, -0.15) is 0 Å². The van der Waals surface area contributed by atoms with Crippen LogP contribution in [0.3, 0.4) is 0 Å². The van der Waals surface area contributed by atoms with Gasteiger partial charge in [0, 0.05) is 13.7 Å². The largest absolute Gasteiger partial charge is 0.396 e. The molecule has 0 amide bonds. The highest BCUT2D eigenvalue weighted by Gasteiger charge is 2.39. The van der Waals surface area contributed by atoms with E-state index in [0.29, 0.717) is 12.5 Å². The fourth-order valence-electron chi connectivity index (χ4n) is 1.46. The first-order chi connectivity index (χ1) is 4.20. The van der Waals surface area contributed by atoms with Gasteiger partial charge in [-0.3, -0.25) is 0 Å². The molecule has 1 fully saturated rings. The Morgan fingerprint density at radius 2 is 2.22 bits per heavy atom. The summed E-state index contributed by atoms with van der Waals surface area (Å²) in [5.74, 6) is 0.495. The van der Waals surface area contributed by atoms with Crippen LogP contribution in [0.25, 0.3) is 0 Å². The zero-order valence-corrected chi connectivity index (χ0v) is 6.05. The summed E-state index contributed by atoms with van der Waals surface area (Å²) >= 11 is 0. The Bertz CT molecular complexity index is 95.1. The average Bonchev–Trinajstić information content (AvgIpc) is 1.81. The van der Waals surface area contributed by atoms with E-state index in [1.54, 1.807) is 7.11 Å². The molecule has 0 atom stereocenters. The fourth-order valence-corrected chi connectivity index (χ4v) is 1.46. The van der Waals surface area contributed by atoms with Crippen molar-refractivity contribution in [2.24, 2.45) is 5.92 Å². The van der Waals surface area contributed by atoms with Crippen LogP contribution >= 0.6 is 0 Å². The summed E-state index contributed by atoms with van der Waals surface area (Å²) in [6.45, 7) is 2.40. The summed E-state index contributed by atoms with van der Waals surface area (Å²) in [4.78, 5) is 0. The third-order valence-electron chi connectivity index (χ3n) is 2.19. The maximum atomic E-state index is 8.66. The van der Waals surface area contributed by atoms with Gasteiger partial charge >= 0.3 is 0 Å². The van der Waals surface area contributed by atoms with Crippen LogP contribution < -0.4 is 0 Å². The highest BCUT2D eigenvalue weighted by Crippen LogP contribution is 2.39.